The van der Waals surface area contributed by atoms with Gasteiger partial charge in [0.05, 0.1) is 28.1 Å². The number of aromatic nitrogens is 3. The number of hydrogen-bond acceptors (Lipinski definition) is 3. The van der Waals surface area contributed by atoms with Gasteiger partial charge in [0.25, 0.3) is 0 Å². The highest BCUT2D eigenvalue weighted by atomic mass is 35.5. The molecule has 1 unspecified atom stereocenters. The summed E-state index contributed by atoms with van der Waals surface area (Å²) in [6.45, 7) is 3.96. The highest BCUT2D eigenvalue weighted by molar-refractivity contribution is 7.09. The summed E-state index contributed by atoms with van der Waals surface area (Å²) in [5.41, 5.74) is 1.30. The smallest absolute Gasteiger partial charge is 0.184 e. The maximum Gasteiger partial charge on any atom is 0.184 e. The second kappa shape index (κ2) is 5.35. The monoisotopic (exact) mass is 327 g/mol. The van der Waals surface area contributed by atoms with Crippen molar-refractivity contribution in [1.29, 1.82) is 0 Å². The summed E-state index contributed by atoms with van der Waals surface area (Å²) in [4.78, 5) is 8.67. The molecule has 2 aromatic heterocycles. The van der Waals surface area contributed by atoms with Crippen molar-refractivity contribution in [3.05, 3.63) is 45.7 Å². The van der Waals surface area contributed by atoms with E-state index in [-0.39, 0.29) is 5.52 Å². The molecule has 0 radical (unpaired) electrons. The first-order valence-corrected chi connectivity index (χ1v) is 7.68. The molecule has 110 valence electrons. The highest BCUT2D eigenvalue weighted by Gasteiger charge is 2.20. The van der Waals surface area contributed by atoms with Crippen molar-refractivity contribution in [2.75, 3.05) is 0 Å². The van der Waals surface area contributed by atoms with E-state index in [0.717, 1.165) is 16.8 Å². The first-order valence-electron chi connectivity index (χ1n) is 6.36. The minimum absolute atomic E-state index is 0.128. The molecular formula is C14H12ClF2N3S. The van der Waals surface area contributed by atoms with Gasteiger partial charge >= 0.3 is 0 Å². The van der Waals surface area contributed by atoms with Gasteiger partial charge in [0.15, 0.2) is 11.6 Å². The zero-order valence-electron chi connectivity index (χ0n) is 11.4. The molecule has 0 bridgehead atoms. The van der Waals surface area contributed by atoms with Crippen molar-refractivity contribution >= 4 is 34.0 Å². The summed E-state index contributed by atoms with van der Waals surface area (Å²) in [5, 5.41) is 2.39. The molecular weight excluding hydrogens is 316 g/mol. The first kappa shape index (κ1) is 14.4. The second-order valence-electron chi connectivity index (χ2n) is 4.76. The van der Waals surface area contributed by atoms with Crippen LogP contribution in [0, 0.1) is 18.6 Å². The molecule has 0 aliphatic heterocycles. The van der Waals surface area contributed by atoms with Crippen molar-refractivity contribution in [3.63, 3.8) is 0 Å². The lowest BCUT2D eigenvalue weighted by atomic mass is 10.3. The van der Waals surface area contributed by atoms with Crippen molar-refractivity contribution in [2.45, 2.75) is 25.8 Å². The largest absolute Gasteiger partial charge is 0.318 e. The lowest BCUT2D eigenvalue weighted by Crippen LogP contribution is -2.07. The van der Waals surface area contributed by atoms with E-state index in [1.54, 1.807) is 11.5 Å². The number of hydrogen-bond donors (Lipinski definition) is 0. The molecule has 0 aliphatic carbocycles. The van der Waals surface area contributed by atoms with E-state index in [9.17, 15) is 8.78 Å². The quantitative estimate of drug-likeness (QED) is 0.666. The molecule has 3 aromatic rings. The van der Waals surface area contributed by atoms with Crippen LogP contribution >= 0.6 is 22.9 Å². The molecule has 3 rings (SSSR count). The molecule has 0 aliphatic rings. The van der Waals surface area contributed by atoms with E-state index < -0.39 is 17.0 Å². The van der Waals surface area contributed by atoms with Crippen molar-refractivity contribution < 1.29 is 8.78 Å². The Morgan fingerprint density at radius 3 is 2.71 bits per heavy atom. The van der Waals surface area contributed by atoms with Gasteiger partial charge in [-0.15, -0.1) is 22.9 Å². The van der Waals surface area contributed by atoms with Crippen LogP contribution < -0.4 is 0 Å². The van der Waals surface area contributed by atoms with Crippen LogP contribution in [-0.2, 0) is 6.54 Å². The van der Waals surface area contributed by atoms with E-state index in [2.05, 4.69) is 9.97 Å². The number of imidazole rings is 1. The van der Waals surface area contributed by atoms with Gasteiger partial charge in [-0.25, -0.2) is 18.7 Å². The summed E-state index contributed by atoms with van der Waals surface area (Å²) >= 11 is 7.63. The summed E-state index contributed by atoms with van der Waals surface area (Å²) in [6.07, 6.45) is 0. The van der Waals surface area contributed by atoms with Gasteiger partial charge in [-0.1, -0.05) is 0 Å². The molecule has 0 saturated heterocycles. The molecule has 0 amide bonds. The van der Waals surface area contributed by atoms with E-state index >= 15 is 0 Å². The maximum absolute atomic E-state index is 14.1. The number of nitrogens with zero attached hydrogens (tertiary/aromatic N) is 3. The van der Waals surface area contributed by atoms with Crippen LogP contribution in [0.3, 0.4) is 0 Å². The van der Waals surface area contributed by atoms with Crippen LogP contribution in [0.15, 0.2) is 17.5 Å². The number of fused-ring (bicyclic) bond motifs is 1. The Labute approximate surface area is 129 Å². The minimum atomic E-state index is -0.907. The van der Waals surface area contributed by atoms with Crippen molar-refractivity contribution in [1.82, 2.24) is 14.5 Å². The highest BCUT2D eigenvalue weighted by Crippen LogP contribution is 2.28. The second-order valence-corrected chi connectivity index (χ2v) is 6.48. The van der Waals surface area contributed by atoms with Crippen LogP contribution in [0.4, 0.5) is 8.78 Å². The topological polar surface area (TPSA) is 30.7 Å². The molecule has 1 aromatic carbocycles. The number of aryl methyl sites for hydroxylation is 1. The van der Waals surface area contributed by atoms with Gasteiger partial charge in [0.1, 0.15) is 11.3 Å². The Balaban J connectivity index is 2.22. The van der Waals surface area contributed by atoms with Crippen LogP contribution in [0.2, 0.25) is 0 Å². The Kier molecular flexibility index (Phi) is 3.67. The normalized spacial score (nSPS) is 13.0. The summed E-state index contributed by atoms with van der Waals surface area (Å²) < 4.78 is 29.3. The van der Waals surface area contributed by atoms with Gasteiger partial charge in [-0.3, -0.25) is 0 Å². The van der Waals surface area contributed by atoms with Crippen molar-refractivity contribution in [3.8, 4) is 0 Å². The average Bonchev–Trinajstić information content (AvgIpc) is 2.99. The zero-order valence-corrected chi connectivity index (χ0v) is 13.0. The lowest BCUT2D eigenvalue weighted by Gasteiger charge is -2.09. The lowest BCUT2D eigenvalue weighted by molar-refractivity contribution is 0.511. The van der Waals surface area contributed by atoms with E-state index in [0.29, 0.717) is 17.9 Å². The Morgan fingerprint density at radius 1 is 1.33 bits per heavy atom. The third-order valence-electron chi connectivity index (χ3n) is 3.17. The maximum atomic E-state index is 14.1. The average molecular weight is 328 g/mol. The third-order valence-corrected chi connectivity index (χ3v) is 4.19. The van der Waals surface area contributed by atoms with E-state index in [1.807, 2.05) is 12.3 Å². The SMILES string of the molecule is Cc1nc(Cn2c(C(C)Cl)nc3ccc(F)c(F)c32)cs1. The number of halogens is 3. The summed E-state index contributed by atoms with van der Waals surface area (Å²) in [6, 6.07) is 2.53. The van der Waals surface area contributed by atoms with E-state index in [1.165, 1.54) is 17.4 Å². The molecule has 0 spiro atoms. The molecule has 0 saturated carbocycles. The molecule has 2 heterocycles. The summed E-state index contributed by atoms with van der Waals surface area (Å²) in [7, 11) is 0. The van der Waals surface area contributed by atoms with Crippen LogP contribution in [0.25, 0.3) is 11.0 Å². The fourth-order valence-corrected chi connectivity index (χ4v) is 3.05. The van der Waals surface area contributed by atoms with Crippen LogP contribution in [0.1, 0.15) is 28.8 Å². The number of rotatable bonds is 3. The van der Waals surface area contributed by atoms with Crippen LogP contribution in [0.5, 0.6) is 0 Å². The Bertz CT molecular complexity index is 810. The van der Waals surface area contributed by atoms with Gasteiger partial charge in [0.2, 0.25) is 0 Å². The summed E-state index contributed by atoms with van der Waals surface area (Å²) in [5.74, 6) is -1.30. The van der Waals surface area contributed by atoms with Gasteiger partial charge < -0.3 is 4.57 Å². The Morgan fingerprint density at radius 2 is 2.10 bits per heavy atom. The number of alkyl halides is 1. The molecule has 7 heteroatoms. The molecule has 1 atom stereocenters. The van der Waals surface area contributed by atoms with Gasteiger partial charge in [0, 0.05) is 5.38 Å². The van der Waals surface area contributed by atoms with E-state index in [4.69, 9.17) is 11.6 Å². The zero-order chi connectivity index (χ0) is 15.1. The molecule has 21 heavy (non-hydrogen) atoms. The van der Waals surface area contributed by atoms with Crippen LogP contribution in [-0.4, -0.2) is 14.5 Å². The van der Waals surface area contributed by atoms with Gasteiger partial charge in [-0.05, 0) is 26.0 Å². The fourth-order valence-electron chi connectivity index (χ4n) is 2.28. The predicted octanol–water partition coefficient (Wildman–Crippen LogP) is 4.43. The Hall–Kier alpha value is -1.53. The molecule has 0 N–H and O–H groups in total. The number of benzene rings is 1. The predicted molar refractivity (Wildman–Crippen MR) is 79.9 cm³/mol. The molecule has 0 fully saturated rings. The first-order chi connectivity index (χ1) is 9.97. The third kappa shape index (κ3) is 2.53. The van der Waals surface area contributed by atoms with Crippen molar-refractivity contribution in [2.24, 2.45) is 0 Å². The van der Waals surface area contributed by atoms with Gasteiger partial charge in [-0.2, -0.15) is 0 Å². The minimum Gasteiger partial charge on any atom is -0.318 e. The standard InChI is InChI=1S/C14H12ClF2N3S/c1-7(15)14-19-11-4-3-10(16)12(17)13(11)20(14)5-9-6-21-8(2)18-9/h3-4,6-7H,5H2,1-2H3. The number of thiazole rings is 1. The molecule has 3 nitrogen and oxygen atoms in total. The fraction of sp³-hybridized carbons (Fsp3) is 0.286.